The van der Waals surface area contributed by atoms with Crippen molar-refractivity contribution >= 4 is 6.03 Å². The van der Waals surface area contributed by atoms with E-state index in [9.17, 15) is 9.18 Å². The first-order valence-corrected chi connectivity index (χ1v) is 7.40. The van der Waals surface area contributed by atoms with Crippen LogP contribution in [0, 0.1) is 19.7 Å². The Kier molecular flexibility index (Phi) is 5.39. The summed E-state index contributed by atoms with van der Waals surface area (Å²) in [6, 6.07) is 5.76. The molecule has 23 heavy (non-hydrogen) atoms. The zero-order chi connectivity index (χ0) is 17.0. The summed E-state index contributed by atoms with van der Waals surface area (Å²) in [5.41, 5.74) is 1.86. The molecular formula is C17H21FN2O3. The molecule has 1 aromatic heterocycles. The minimum atomic E-state index is -0.458. The Morgan fingerprint density at radius 1 is 1.35 bits per heavy atom. The van der Waals surface area contributed by atoms with Crippen molar-refractivity contribution in [2.24, 2.45) is 0 Å². The van der Waals surface area contributed by atoms with E-state index in [1.54, 1.807) is 6.07 Å². The fourth-order valence-electron chi connectivity index (χ4n) is 2.45. The highest BCUT2D eigenvalue weighted by Gasteiger charge is 2.15. The van der Waals surface area contributed by atoms with E-state index in [2.05, 4.69) is 10.6 Å². The minimum Gasteiger partial charge on any atom is -0.466 e. The highest BCUT2D eigenvalue weighted by Crippen LogP contribution is 2.21. The summed E-state index contributed by atoms with van der Waals surface area (Å²) in [6.45, 7) is 5.46. The smallest absolute Gasteiger partial charge is 0.315 e. The molecule has 2 rings (SSSR count). The molecule has 5 nitrogen and oxygen atoms in total. The molecule has 2 amide bonds. The summed E-state index contributed by atoms with van der Waals surface area (Å²) in [6.07, 6.45) is 0. The summed E-state index contributed by atoms with van der Waals surface area (Å²) in [5, 5.41) is 14.6. The second kappa shape index (κ2) is 7.28. The van der Waals surface area contributed by atoms with E-state index in [1.807, 2.05) is 26.8 Å². The van der Waals surface area contributed by atoms with E-state index in [-0.39, 0.29) is 30.8 Å². The largest absolute Gasteiger partial charge is 0.466 e. The van der Waals surface area contributed by atoms with Crippen LogP contribution < -0.4 is 10.6 Å². The summed E-state index contributed by atoms with van der Waals surface area (Å²) in [5.74, 6) is 1.12. The quantitative estimate of drug-likeness (QED) is 0.792. The van der Waals surface area contributed by atoms with E-state index in [0.717, 1.165) is 17.1 Å². The van der Waals surface area contributed by atoms with Crippen molar-refractivity contribution in [1.82, 2.24) is 10.6 Å². The van der Waals surface area contributed by atoms with Gasteiger partial charge in [-0.2, -0.15) is 0 Å². The van der Waals surface area contributed by atoms with E-state index < -0.39 is 5.82 Å². The van der Waals surface area contributed by atoms with Gasteiger partial charge in [0.2, 0.25) is 0 Å². The van der Waals surface area contributed by atoms with Gasteiger partial charge in [0, 0.05) is 17.7 Å². The number of urea groups is 1. The molecule has 2 aromatic rings. The van der Waals surface area contributed by atoms with Gasteiger partial charge in [0.1, 0.15) is 17.3 Å². The Balaban J connectivity index is 1.91. The summed E-state index contributed by atoms with van der Waals surface area (Å²) in [4.78, 5) is 12.0. The predicted octanol–water partition coefficient (Wildman–Crippen LogP) is 3.09. The third-order valence-electron chi connectivity index (χ3n) is 3.63. The molecule has 1 unspecified atom stereocenters. The Bertz CT molecular complexity index is 697. The standard InChI is InChI=1S/C17H21FN2O3/c1-10-6-15(12(3)23-10)11(2)20-17(22)19-8-13-4-5-16(18)14(7-13)9-21/h4-7,11,21H,8-9H2,1-3H3,(H2,19,20,22). The van der Waals surface area contributed by atoms with Crippen LogP contribution in [0.4, 0.5) is 9.18 Å². The second-order valence-corrected chi connectivity index (χ2v) is 5.50. The van der Waals surface area contributed by atoms with Gasteiger partial charge < -0.3 is 20.2 Å². The molecule has 124 valence electrons. The van der Waals surface area contributed by atoms with Gasteiger partial charge in [0.15, 0.2) is 0 Å². The summed E-state index contributed by atoms with van der Waals surface area (Å²) in [7, 11) is 0. The van der Waals surface area contributed by atoms with Crippen LogP contribution in [0.15, 0.2) is 28.7 Å². The number of furan rings is 1. The van der Waals surface area contributed by atoms with Crippen LogP contribution in [0.25, 0.3) is 0 Å². The number of aryl methyl sites for hydroxylation is 2. The molecule has 0 aliphatic heterocycles. The SMILES string of the molecule is Cc1cc(C(C)NC(=O)NCc2ccc(F)c(CO)c2)c(C)o1. The average Bonchev–Trinajstić information content (AvgIpc) is 2.85. The van der Waals surface area contributed by atoms with Crippen LogP contribution in [0.2, 0.25) is 0 Å². The number of rotatable bonds is 5. The van der Waals surface area contributed by atoms with Crippen LogP contribution >= 0.6 is 0 Å². The first kappa shape index (κ1) is 17.0. The molecular weight excluding hydrogens is 299 g/mol. The fourth-order valence-corrected chi connectivity index (χ4v) is 2.45. The van der Waals surface area contributed by atoms with Crippen molar-refractivity contribution < 1.29 is 18.7 Å². The lowest BCUT2D eigenvalue weighted by Crippen LogP contribution is -2.36. The van der Waals surface area contributed by atoms with Gasteiger partial charge >= 0.3 is 6.03 Å². The van der Waals surface area contributed by atoms with Gasteiger partial charge in [0.25, 0.3) is 0 Å². The molecule has 0 saturated heterocycles. The van der Waals surface area contributed by atoms with Crippen molar-refractivity contribution in [3.63, 3.8) is 0 Å². The monoisotopic (exact) mass is 320 g/mol. The number of carbonyl (C=O) groups excluding carboxylic acids is 1. The predicted molar refractivity (Wildman–Crippen MR) is 84.3 cm³/mol. The molecule has 0 spiro atoms. The van der Waals surface area contributed by atoms with Gasteiger partial charge in [-0.05, 0) is 44.5 Å². The van der Waals surface area contributed by atoms with E-state index >= 15 is 0 Å². The molecule has 0 bridgehead atoms. The van der Waals surface area contributed by atoms with Crippen molar-refractivity contribution in [3.05, 3.63) is 58.3 Å². The molecule has 0 saturated carbocycles. The Morgan fingerprint density at radius 2 is 2.09 bits per heavy atom. The van der Waals surface area contributed by atoms with Gasteiger partial charge in [-0.1, -0.05) is 6.07 Å². The zero-order valence-corrected chi connectivity index (χ0v) is 13.4. The Labute approximate surface area is 134 Å². The van der Waals surface area contributed by atoms with Crippen molar-refractivity contribution in [2.75, 3.05) is 0 Å². The first-order valence-electron chi connectivity index (χ1n) is 7.40. The number of nitrogens with one attached hydrogen (secondary N) is 2. The molecule has 3 N–H and O–H groups in total. The molecule has 0 fully saturated rings. The average molecular weight is 320 g/mol. The van der Waals surface area contributed by atoms with Gasteiger partial charge in [0.05, 0.1) is 12.6 Å². The number of hydrogen-bond acceptors (Lipinski definition) is 3. The Morgan fingerprint density at radius 3 is 2.70 bits per heavy atom. The highest BCUT2D eigenvalue weighted by molar-refractivity contribution is 5.74. The normalized spacial score (nSPS) is 12.0. The maximum absolute atomic E-state index is 13.3. The maximum atomic E-state index is 13.3. The number of hydrogen-bond donors (Lipinski definition) is 3. The number of benzene rings is 1. The van der Waals surface area contributed by atoms with Crippen molar-refractivity contribution in [3.8, 4) is 0 Å². The zero-order valence-electron chi connectivity index (χ0n) is 13.4. The number of amides is 2. The van der Waals surface area contributed by atoms with Crippen molar-refractivity contribution in [2.45, 2.75) is 40.0 Å². The molecule has 6 heteroatoms. The van der Waals surface area contributed by atoms with E-state index in [0.29, 0.717) is 5.56 Å². The molecule has 1 heterocycles. The molecule has 0 aliphatic carbocycles. The van der Waals surface area contributed by atoms with Gasteiger partial charge in [-0.3, -0.25) is 0 Å². The van der Waals surface area contributed by atoms with E-state index in [1.165, 1.54) is 12.1 Å². The van der Waals surface area contributed by atoms with Gasteiger partial charge in [-0.15, -0.1) is 0 Å². The number of carbonyl (C=O) groups is 1. The summed E-state index contributed by atoms with van der Waals surface area (Å²) < 4.78 is 18.8. The van der Waals surface area contributed by atoms with Crippen LogP contribution in [-0.4, -0.2) is 11.1 Å². The first-order chi connectivity index (χ1) is 10.9. The highest BCUT2D eigenvalue weighted by atomic mass is 19.1. The van der Waals surface area contributed by atoms with Crippen LogP contribution in [0.5, 0.6) is 0 Å². The molecule has 1 atom stereocenters. The third kappa shape index (κ3) is 4.32. The second-order valence-electron chi connectivity index (χ2n) is 5.50. The van der Waals surface area contributed by atoms with Crippen molar-refractivity contribution in [1.29, 1.82) is 0 Å². The van der Waals surface area contributed by atoms with Crippen LogP contribution in [0.3, 0.4) is 0 Å². The number of aliphatic hydroxyl groups is 1. The lowest BCUT2D eigenvalue weighted by Gasteiger charge is -2.14. The molecule has 1 aromatic carbocycles. The molecule has 0 aliphatic rings. The topological polar surface area (TPSA) is 74.5 Å². The lowest BCUT2D eigenvalue weighted by molar-refractivity contribution is 0.237. The number of halogens is 1. The maximum Gasteiger partial charge on any atom is 0.315 e. The van der Waals surface area contributed by atoms with Gasteiger partial charge in [-0.25, -0.2) is 9.18 Å². The third-order valence-corrected chi connectivity index (χ3v) is 3.63. The summed E-state index contributed by atoms with van der Waals surface area (Å²) >= 11 is 0. The van der Waals surface area contributed by atoms with Crippen LogP contribution in [0.1, 0.15) is 41.2 Å². The minimum absolute atomic E-state index is 0.186. The fraction of sp³-hybridized carbons (Fsp3) is 0.353. The molecule has 0 radical (unpaired) electrons. The Hall–Kier alpha value is -2.34. The lowest BCUT2D eigenvalue weighted by atomic mass is 10.1. The number of aliphatic hydroxyl groups excluding tert-OH is 1. The van der Waals surface area contributed by atoms with E-state index in [4.69, 9.17) is 9.52 Å². The van der Waals surface area contributed by atoms with Crippen LogP contribution in [-0.2, 0) is 13.2 Å².